The first-order chi connectivity index (χ1) is 45.5. The quantitative estimate of drug-likeness (QED) is 0.130. The number of benzene rings is 4. The number of nitrogens with one attached hydrogen (secondary N) is 5. The Morgan fingerprint density at radius 3 is 1.31 bits per heavy atom. The summed E-state index contributed by atoms with van der Waals surface area (Å²) >= 11 is 13.2. The van der Waals surface area contributed by atoms with E-state index in [0.29, 0.717) is 43.3 Å². The Morgan fingerprint density at radius 2 is 0.874 bits per heavy atom. The van der Waals surface area contributed by atoms with Crippen LogP contribution < -0.4 is 36.4 Å². The Hall–Kier alpha value is -9.04. The highest BCUT2D eigenvalue weighted by molar-refractivity contribution is 6.21. The molecule has 5 aliphatic rings. The smallest absolute Gasteiger partial charge is 0.254 e. The van der Waals surface area contributed by atoms with Gasteiger partial charge >= 0.3 is 0 Å². The van der Waals surface area contributed by atoms with E-state index in [4.69, 9.17) is 32.7 Å². The maximum atomic E-state index is 14.4. The fourth-order valence-corrected chi connectivity index (χ4v) is 13.0. The summed E-state index contributed by atoms with van der Waals surface area (Å²) in [7, 11) is 0. The molecule has 27 heteroatoms. The number of ketones is 3. The van der Waals surface area contributed by atoms with Crippen molar-refractivity contribution in [2.45, 2.75) is 121 Å². The van der Waals surface area contributed by atoms with Crippen molar-refractivity contribution in [1.82, 2.24) is 25.8 Å². The summed E-state index contributed by atoms with van der Waals surface area (Å²) in [6, 6.07) is 12.1. The van der Waals surface area contributed by atoms with Crippen molar-refractivity contribution in [3.63, 3.8) is 0 Å². The number of Topliss-reactive ketones (excluding diaryl/α,β-unsaturated/α-hetero) is 3. The maximum absolute atomic E-state index is 14.4. The molecule has 11 amide bonds. The van der Waals surface area contributed by atoms with Crippen LogP contribution in [0.4, 0.5) is 22.7 Å². The van der Waals surface area contributed by atoms with Gasteiger partial charge in [0.15, 0.2) is 17.3 Å². The summed E-state index contributed by atoms with van der Waals surface area (Å²) in [5, 5.41) is 16.5. The van der Waals surface area contributed by atoms with E-state index in [0.717, 1.165) is 46.2 Å². The third kappa shape index (κ3) is 16.0. The molecule has 0 fully saturated rings. The molecule has 4 aromatic carbocycles. The van der Waals surface area contributed by atoms with Crippen molar-refractivity contribution >= 4 is 150 Å². The fraction of sp³-hybridized carbons (Fsp3) is 0.441. The maximum Gasteiger partial charge on any atom is 0.254 e. The van der Waals surface area contributed by atoms with E-state index < -0.39 is 113 Å². The van der Waals surface area contributed by atoms with Crippen molar-refractivity contribution in [2.24, 2.45) is 11.8 Å². The molecule has 95 heavy (non-hydrogen) atoms. The molecule has 0 saturated heterocycles. The lowest BCUT2D eigenvalue weighted by atomic mass is 9.94. The Kier molecular flexibility index (Phi) is 23.3. The lowest BCUT2D eigenvalue weighted by Gasteiger charge is -2.35. The molecular weight excluding hydrogens is 1270 g/mol. The minimum atomic E-state index is -2.04. The highest BCUT2D eigenvalue weighted by Gasteiger charge is 2.50. The van der Waals surface area contributed by atoms with E-state index in [9.17, 15) is 67.1 Å². The van der Waals surface area contributed by atoms with Gasteiger partial charge in [-0.2, -0.15) is 0 Å². The molecule has 5 aliphatic heterocycles. The number of hydrogen-bond acceptors (Lipinski definition) is 16. The predicted octanol–water partition coefficient (Wildman–Crippen LogP) is 5.16. The van der Waals surface area contributed by atoms with E-state index in [1.807, 2.05) is 48.5 Å². The van der Waals surface area contributed by atoms with Crippen LogP contribution in [0, 0.1) is 11.8 Å². The number of carbonyl (C=O) groups is 14. The second kappa shape index (κ2) is 31.5. The summed E-state index contributed by atoms with van der Waals surface area (Å²) in [4.78, 5) is 195. The van der Waals surface area contributed by atoms with Crippen molar-refractivity contribution in [2.75, 3.05) is 78.3 Å². The molecule has 9 rings (SSSR count). The third-order valence-corrected chi connectivity index (χ3v) is 18.3. The summed E-state index contributed by atoms with van der Waals surface area (Å²) < 4.78 is 11.2. The second-order valence-corrected chi connectivity index (χ2v) is 24.9. The summed E-state index contributed by atoms with van der Waals surface area (Å²) in [6.07, 6.45) is 2.08. The van der Waals surface area contributed by atoms with Gasteiger partial charge in [-0.15, -0.1) is 23.2 Å². The molecule has 4 aromatic rings. The number of alkyl halides is 2. The molecule has 5 heterocycles. The Bertz CT molecular complexity index is 3570. The first kappa shape index (κ1) is 70.3. The lowest BCUT2D eigenvalue weighted by Crippen LogP contribution is -2.64. The minimum absolute atomic E-state index is 0.0197. The van der Waals surface area contributed by atoms with Crippen LogP contribution in [-0.2, 0) is 76.6 Å². The van der Waals surface area contributed by atoms with Crippen LogP contribution in [0.2, 0.25) is 0 Å². The van der Waals surface area contributed by atoms with E-state index >= 15 is 0 Å². The van der Waals surface area contributed by atoms with Crippen LogP contribution in [0.25, 0.3) is 21.5 Å². The third-order valence-electron chi connectivity index (χ3n) is 17.6. The number of fused-ring (bicyclic) bond motifs is 8. The molecule has 502 valence electrons. The van der Waals surface area contributed by atoms with Gasteiger partial charge in [-0.05, 0) is 60.7 Å². The van der Waals surface area contributed by atoms with Gasteiger partial charge in [0.1, 0.15) is 12.1 Å². The molecule has 0 aromatic heterocycles. The average Bonchev–Trinajstić information content (AvgIpc) is 1.65. The Morgan fingerprint density at radius 1 is 0.463 bits per heavy atom. The topological polar surface area (TPSA) is 331 Å². The highest BCUT2D eigenvalue weighted by atomic mass is 35.5. The van der Waals surface area contributed by atoms with Gasteiger partial charge in [-0.25, -0.2) is 0 Å². The van der Waals surface area contributed by atoms with Gasteiger partial charge in [-0.3, -0.25) is 76.9 Å². The zero-order chi connectivity index (χ0) is 68.4. The molecular formula is C68H75Cl2N9O16. The van der Waals surface area contributed by atoms with Gasteiger partial charge < -0.3 is 45.9 Å². The highest BCUT2D eigenvalue weighted by Crippen LogP contribution is 2.47. The zero-order valence-corrected chi connectivity index (χ0v) is 54.5. The Balaban J connectivity index is 0.925. The van der Waals surface area contributed by atoms with E-state index in [-0.39, 0.29) is 133 Å². The van der Waals surface area contributed by atoms with Crippen molar-refractivity contribution in [3.05, 3.63) is 96.1 Å². The van der Waals surface area contributed by atoms with Crippen LogP contribution in [0.5, 0.6) is 0 Å². The predicted molar refractivity (Wildman–Crippen MR) is 351 cm³/mol. The molecule has 0 spiro atoms. The first-order valence-corrected chi connectivity index (χ1v) is 32.7. The van der Waals surface area contributed by atoms with E-state index in [1.165, 1.54) is 13.8 Å². The van der Waals surface area contributed by atoms with Gasteiger partial charge in [0.2, 0.25) is 41.4 Å². The standard InChI is InChI=1S/C68H75Cl2N9O16/c1-37-29-52(81)39(3)72-54(83)22-26-94-25-10-15-51(80)64(78-58(87)18-19-59(78)88)65(79-60(89)20-21-61(79)90)68(93)71-24-28-95-27-23-55(84)73-40(4)53(82)30-38(2)67(92)75-48-32-50-63(46-14-8-6-12-44(46)48)42(34-70)36-77(50)57(86)17-9-16-56(85)76-35-41(33-69)62-45-13-7-5-11-43(45)47(31-49(62)76)74-66(37)91/h5-8,11-14,18-21,31-32,37-42,64-65H,9-10,15-17,22-30,33-36H2,1-4H3,(H,71,93)(H,72,83)(H,73,84)(H,74,91)(H,75,92)/t37?,38?,39?,40?,41-,42-,64?,65?/m1/s1. The molecule has 0 saturated carbocycles. The number of carbonyl (C=O) groups excluding carboxylic acids is 14. The van der Waals surface area contributed by atoms with Gasteiger partial charge in [0.25, 0.3) is 23.6 Å². The first-order valence-electron chi connectivity index (χ1n) is 31.7. The summed E-state index contributed by atoms with van der Waals surface area (Å²) in [5.41, 5.74) is 3.48. The van der Waals surface area contributed by atoms with Gasteiger partial charge in [0, 0.05) is 153 Å². The van der Waals surface area contributed by atoms with Gasteiger partial charge in [-0.1, -0.05) is 62.4 Å². The summed E-state index contributed by atoms with van der Waals surface area (Å²) in [5.74, 6) is -11.5. The zero-order valence-electron chi connectivity index (χ0n) is 53.0. The number of halogens is 2. The molecule has 6 unspecified atom stereocenters. The van der Waals surface area contributed by atoms with Crippen LogP contribution in [0.3, 0.4) is 0 Å². The summed E-state index contributed by atoms with van der Waals surface area (Å²) in [6.45, 7) is 5.48. The van der Waals surface area contributed by atoms with Crippen LogP contribution in [0.1, 0.15) is 108 Å². The molecule has 5 N–H and O–H groups in total. The molecule has 8 atom stereocenters. The average molecular weight is 1350 g/mol. The SMILES string of the molecule is CC1CC(=O)C(C)NC(=O)CCOCCCC(=O)C(N2C(=O)C=CC2=O)C(N2C(=O)C=CC2=O)C(=O)NCCOCCC(=O)NC(C)C(=O)CC(C)C(=O)Nc2cc3c(c4ccccc24)[C@H](CCl)CN3C(=O)CCCC(=O)N2C[C@@H](CCl)c3c2cc(c2ccccc32)NC1=O. The number of imide groups is 2. The molecule has 0 aliphatic carbocycles. The van der Waals surface area contributed by atoms with Crippen LogP contribution in [-0.4, -0.2) is 174 Å². The van der Waals surface area contributed by atoms with Crippen LogP contribution in [0.15, 0.2) is 85.0 Å². The molecule has 25 nitrogen and oxygen atoms in total. The van der Waals surface area contributed by atoms with E-state index in [2.05, 4.69) is 26.6 Å². The Labute approximate surface area is 557 Å². The lowest BCUT2D eigenvalue weighted by molar-refractivity contribution is -0.156. The van der Waals surface area contributed by atoms with Crippen molar-refractivity contribution in [3.8, 4) is 0 Å². The number of hydrogen-bond donors (Lipinski definition) is 5. The van der Waals surface area contributed by atoms with Crippen molar-refractivity contribution < 1.29 is 76.6 Å². The monoisotopic (exact) mass is 1340 g/mol. The van der Waals surface area contributed by atoms with Crippen molar-refractivity contribution in [1.29, 1.82) is 0 Å². The van der Waals surface area contributed by atoms with Gasteiger partial charge in [0.05, 0.1) is 43.3 Å². The molecule has 4 bridgehead atoms. The normalized spacial score (nSPS) is 25.5. The van der Waals surface area contributed by atoms with Crippen LogP contribution >= 0.6 is 23.2 Å². The fourth-order valence-electron chi connectivity index (χ4n) is 12.5. The minimum Gasteiger partial charge on any atom is -0.381 e. The number of nitrogens with zero attached hydrogens (tertiary/aromatic N) is 4. The number of ether oxygens (including phenoxy) is 2. The largest absolute Gasteiger partial charge is 0.381 e. The second-order valence-electron chi connectivity index (χ2n) is 24.3. The molecule has 0 radical (unpaired) electrons. The number of amides is 11. The number of rotatable bonds is 4. The van der Waals surface area contributed by atoms with E-state index in [1.54, 1.807) is 35.8 Å². The number of anilines is 4.